The zero-order valence-electron chi connectivity index (χ0n) is 10.8. The van der Waals surface area contributed by atoms with Crippen LogP contribution < -0.4 is 5.32 Å². The summed E-state index contributed by atoms with van der Waals surface area (Å²) in [5, 5.41) is 19.4. The number of β-amino-alcohol motifs (C(OH)–C–C–N with tert-alkyl or cyclic N) is 1. The fourth-order valence-corrected chi connectivity index (χ4v) is 2.57. The van der Waals surface area contributed by atoms with Crippen molar-refractivity contribution in [1.29, 1.82) is 0 Å². The number of carbonyl (C=O) groups is 2. The molecule has 0 spiro atoms. The van der Waals surface area contributed by atoms with Gasteiger partial charge in [0.2, 0.25) is 0 Å². The van der Waals surface area contributed by atoms with Gasteiger partial charge in [-0.1, -0.05) is 23.2 Å². The van der Waals surface area contributed by atoms with Gasteiger partial charge in [-0.25, -0.2) is 4.63 Å². The molecule has 10 heteroatoms. The summed E-state index contributed by atoms with van der Waals surface area (Å²) in [6.45, 7) is -0.410. The SMILES string of the molecule is O=C1C=C(Nc2c(Cl)cc(Cl)c3nonc23)C(=O)N1CCO. The molecule has 0 unspecified atom stereocenters. The highest BCUT2D eigenvalue weighted by atomic mass is 35.5. The van der Waals surface area contributed by atoms with Gasteiger partial charge in [0.25, 0.3) is 11.8 Å². The zero-order valence-corrected chi connectivity index (χ0v) is 12.4. The van der Waals surface area contributed by atoms with Gasteiger partial charge in [-0.15, -0.1) is 0 Å². The number of aromatic nitrogens is 2. The molecule has 0 bridgehead atoms. The first-order valence-electron chi connectivity index (χ1n) is 6.08. The summed E-state index contributed by atoms with van der Waals surface area (Å²) >= 11 is 12.1. The summed E-state index contributed by atoms with van der Waals surface area (Å²) in [4.78, 5) is 24.7. The van der Waals surface area contributed by atoms with Crippen molar-refractivity contribution in [3.63, 3.8) is 0 Å². The summed E-state index contributed by atoms with van der Waals surface area (Å²) in [5.74, 6) is -1.10. The second kappa shape index (κ2) is 5.56. The van der Waals surface area contributed by atoms with Crippen LogP contribution in [0.2, 0.25) is 10.0 Å². The molecule has 0 saturated heterocycles. The number of imide groups is 1. The minimum absolute atomic E-state index is 0.00646. The molecule has 0 aliphatic carbocycles. The van der Waals surface area contributed by atoms with Gasteiger partial charge in [-0.05, 0) is 16.4 Å². The number of nitrogens with zero attached hydrogens (tertiary/aromatic N) is 3. The highest BCUT2D eigenvalue weighted by Crippen LogP contribution is 2.35. The molecule has 1 aliphatic heterocycles. The molecular weight excluding hydrogens is 335 g/mol. The van der Waals surface area contributed by atoms with Crippen molar-refractivity contribution in [3.8, 4) is 0 Å². The van der Waals surface area contributed by atoms with E-state index >= 15 is 0 Å². The van der Waals surface area contributed by atoms with E-state index in [0.29, 0.717) is 0 Å². The Kier molecular flexibility index (Phi) is 3.73. The molecule has 0 radical (unpaired) electrons. The molecule has 1 aromatic heterocycles. The maximum absolute atomic E-state index is 12.1. The first-order valence-corrected chi connectivity index (χ1v) is 6.84. The number of carbonyl (C=O) groups excluding carboxylic acids is 2. The molecule has 2 aromatic rings. The van der Waals surface area contributed by atoms with Crippen LogP contribution in [0.1, 0.15) is 0 Å². The highest BCUT2D eigenvalue weighted by Gasteiger charge is 2.31. The highest BCUT2D eigenvalue weighted by molar-refractivity contribution is 6.40. The average Bonchev–Trinajstić information content (AvgIpc) is 3.05. The predicted molar refractivity (Wildman–Crippen MR) is 77.3 cm³/mol. The van der Waals surface area contributed by atoms with Gasteiger partial charge >= 0.3 is 0 Å². The van der Waals surface area contributed by atoms with E-state index in [1.807, 2.05) is 0 Å². The summed E-state index contributed by atoms with van der Waals surface area (Å²) < 4.78 is 4.62. The first-order chi connectivity index (χ1) is 10.5. The summed E-state index contributed by atoms with van der Waals surface area (Å²) in [5.41, 5.74) is 0.768. The summed E-state index contributed by atoms with van der Waals surface area (Å²) in [7, 11) is 0. The van der Waals surface area contributed by atoms with Crippen LogP contribution in [0.5, 0.6) is 0 Å². The van der Waals surface area contributed by atoms with Crippen molar-refractivity contribution in [2.24, 2.45) is 0 Å². The number of fused-ring (bicyclic) bond motifs is 1. The number of aliphatic hydroxyl groups is 1. The lowest BCUT2D eigenvalue weighted by molar-refractivity contribution is -0.137. The number of aliphatic hydroxyl groups excluding tert-OH is 1. The van der Waals surface area contributed by atoms with Gasteiger partial charge in [0, 0.05) is 6.08 Å². The molecule has 1 aliphatic rings. The number of anilines is 1. The number of hydrogen-bond donors (Lipinski definition) is 2. The molecule has 3 rings (SSSR count). The number of amides is 2. The van der Waals surface area contributed by atoms with Gasteiger partial charge in [0.15, 0.2) is 11.0 Å². The normalized spacial score (nSPS) is 14.9. The van der Waals surface area contributed by atoms with Crippen LogP contribution in [-0.4, -0.2) is 45.3 Å². The fourth-order valence-electron chi connectivity index (χ4n) is 2.04. The molecule has 22 heavy (non-hydrogen) atoms. The van der Waals surface area contributed by atoms with E-state index in [2.05, 4.69) is 20.3 Å². The Morgan fingerprint density at radius 2 is 1.95 bits per heavy atom. The predicted octanol–water partition coefficient (Wildman–Crippen LogP) is 1.19. The van der Waals surface area contributed by atoms with Crippen LogP contribution >= 0.6 is 23.2 Å². The summed E-state index contributed by atoms with van der Waals surface area (Å²) in [6.07, 6.45) is 1.11. The Hall–Kier alpha value is -2.16. The maximum Gasteiger partial charge on any atom is 0.277 e. The van der Waals surface area contributed by atoms with Crippen LogP contribution in [0.15, 0.2) is 22.5 Å². The van der Waals surface area contributed by atoms with E-state index in [9.17, 15) is 9.59 Å². The van der Waals surface area contributed by atoms with Crippen LogP contribution in [0.3, 0.4) is 0 Å². The Bertz CT molecular complexity index is 817. The Morgan fingerprint density at radius 1 is 1.23 bits per heavy atom. The van der Waals surface area contributed by atoms with Gasteiger partial charge in [-0.3, -0.25) is 14.5 Å². The first kappa shape index (κ1) is 14.8. The number of benzene rings is 1. The number of rotatable bonds is 4. The Morgan fingerprint density at radius 3 is 2.68 bits per heavy atom. The van der Waals surface area contributed by atoms with E-state index in [0.717, 1.165) is 11.0 Å². The quantitative estimate of drug-likeness (QED) is 0.803. The van der Waals surface area contributed by atoms with Crippen molar-refractivity contribution in [2.45, 2.75) is 0 Å². The largest absolute Gasteiger partial charge is 0.395 e. The number of halogens is 2. The maximum atomic E-state index is 12.1. The summed E-state index contributed by atoms with van der Waals surface area (Å²) in [6, 6.07) is 1.42. The lowest BCUT2D eigenvalue weighted by Gasteiger charge is -2.14. The Balaban J connectivity index is 1.98. The van der Waals surface area contributed by atoms with E-state index in [-0.39, 0.29) is 45.6 Å². The third-order valence-electron chi connectivity index (χ3n) is 3.04. The van der Waals surface area contributed by atoms with E-state index < -0.39 is 11.8 Å². The van der Waals surface area contributed by atoms with Crippen molar-refractivity contribution < 1.29 is 19.3 Å². The molecule has 2 N–H and O–H groups in total. The molecular formula is C12H8Cl2N4O4. The standard InChI is InChI=1S/C12H8Cl2N4O4/c13-5-3-6(14)10-11(17-22-16-10)9(5)15-7-4-8(20)18(1-2-19)12(7)21/h3-4,15,19H,1-2H2. The zero-order chi connectivity index (χ0) is 15.9. The smallest absolute Gasteiger partial charge is 0.277 e. The molecule has 114 valence electrons. The molecule has 1 aromatic carbocycles. The third-order valence-corrected chi connectivity index (χ3v) is 3.62. The van der Waals surface area contributed by atoms with Gasteiger partial charge < -0.3 is 10.4 Å². The molecule has 0 fully saturated rings. The second-order valence-electron chi connectivity index (χ2n) is 4.38. The third kappa shape index (κ3) is 2.31. The van der Waals surface area contributed by atoms with Gasteiger partial charge in [0.05, 0.1) is 28.9 Å². The molecule has 0 saturated carbocycles. The van der Waals surface area contributed by atoms with Crippen LogP contribution in [-0.2, 0) is 9.59 Å². The second-order valence-corrected chi connectivity index (χ2v) is 5.19. The molecule has 2 amide bonds. The van der Waals surface area contributed by atoms with Crippen molar-refractivity contribution in [3.05, 3.63) is 27.9 Å². The lowest BCUT2D eigenvalue weighted by Crippen LogP contribution is -2.34. The fraction of sp³-hybridized carbons (Fsp3) is 0.167. The number of nitrogens with one attached hydrogen (secondary N) is 1. The minimum Gasteiger partial charge on any atom is -0.395 e. The topological polar surface area (TPSA) is 109 Å². The van der Waals surface area contributed by atoms with Crippen LogP contribution in [0.4, 0.5) is 5.69 Å². The monoisotopic (exact) mass is 342 g/mol. The van der Waals surface area contributed by atoms with E-state index in [4.69, 9.17) is 28.3 Å². The Labute approximate surface area is 133 Å². The van der Waals surface area contributed by atoms with Crippen molar-refractivity contribution in [2.75, 3.05) is 18.5 Å². The average molecular weight is 343 g/mol. The molecule has 8 nitrogen and oxygen atoms in total. The van der Waals surface area contributed by atoms with Gasteiger partial charge in [-0.2, -0.15) is 0 Å². The lowest BCUT2D eigenvalue weighted by atomic mass is 10.2. The van der Waals surface area contributed by atoms with Crippen molar-refractivity contribution in [1.82, 2.24) is 15.2 Å². The minimum atomic E-state index is -0.574. The van der Waals surface area contributed by atoms with E-state index in [1.165, 1.54) is 6.07 Å². The molecule has 0 atom stereocenters. The van der Waals surface area contributed by atoms with Crippen LogP contribution in [0.25, 0.3) is 11.0 Å². The van der Waals surface area contributed by atoms with Gasteiger partial charge in [0.1, 0.15) is 5.70 Å². The molecule has 2 heterocycles. The van der Waals surface area contributed by atoms with E-state index in [1.54, 1.807) is 0 Å². The van der Waals surface area contributed by atoms with Crippen molar-refractivity contribution >= 4 is 51.7 Å². The number of hydrogen-bond acceptors (Lipinski definition) is 7. The van der Waals surface area contributed by atoms with Crippen LogP contribution in [0, 0.1) is 0 Å².